The Kier molecular flexibility index (Phi) is 2.78. The summed E-state index contributed by atoms with van der Waals surface area (Å²) in [6, 6.07) is 3.70. The first-order valence-electron chi connectivity index (χ1n) is 5.12. The van der Waals surface area contributed by atoms with Gasteiger partial charge in [-0.3, -0.25) is 4.57 Å². The maximum Gasteiger partial charge on any atom is 0.326 e. The van der Waals surface area contributed by atoms with E-state index < -0.39 is 0 Å². The number of nitrogens with one attached hydrogen (secondary N) is 1. The smallest absolute Gasteiger partial charge is 0.326 e. The molecule has 0 amide bonds. The molecule has 0 aliphatic rings. The van der Waals surface area contributed by atoms with Crippen molar-refractivity contribution in [2.24, 2.45) is 12.8 Å². The van der Waals surface area contributed by atoms with E-state index in [1.165, 1.54) is 4.57 Å². The molecule has 4 nitrogen and oxygen atoms in total. The van der Waals surface area contributed by atoms with Crippen molar-refractivity contribution in [2.45, 2.75) is 12.8 Å². The van der Waals surface area contributed by atoms with Crippen LogP contribution in [0, 0.1) is 0 Å². The molecule has 2 rings (SSSR count). The van der Waals surface area contributed by atoms with Crippen LogP contribution in [0.2, 0.25) is 5.02 Å². The fourth-order valence-corrected chi connectivity index (χ4v) is 2.11. The number of aromatic amines is 1. The normalized spacial score (nSPS) is 13.2. The van der Waals surface area contributed by atoms with Gasteiger partial charge in [0.1, 0.15) is 0 Å². The molecule has 16 heavy (non-hydrogen) atoms. The van der Waals surface area contributed by atoms with Crippen molar-refractivity contribution in [1.82, 2.24) is 9.55 Å². The van der Waals surface area contributed by atoms with E-state index in [0.717, 1.165) is 16.6 Å². The Morgan fingerprint density at radius 3 is 2.88 bits per heavy atom. The summed E-state index contributed by atoms with van der Waals surface area (Å²) in [4.78, 5) is 14.2. The molecule has 5 heteroatoms. The van der Waals surface area contributed by atoms with Crippen LogP contribution in [0.4, 0.5) is 0 Å². The molecule has 1 atom stereocenters. The van der Waals surface area contributed by atoms with E-state index in [0.29, 0.717) is 11.6 Å². The van der Waals surface area contributed by atoms with E-state index >= 15 is 0 Å². The molecule has 0 saturated carbocycles. The first-order chi connectivity index (χ1) is 7.54. The van der Waals surface area contributed by atoms with Crippen LogP contribution in [0.5, 0.6) is 0 Å². The molecule has 0 spiro atoms. The van der Waals surface area contributed by atoms with Crippen LogP contribution in [-0.2, 0) is 7.05 Å². The van der Waals surface area contributed by atoms with Crippen LogP contribution in [0.3, 0.4) is 0 Å². The Hall–Kier alpha value is -1.26. The topological polar surface area (TPSA) is 63.8 Å². The van der Waals surface area contributed by atoms with Gasteiger partial charge in [0.15, 0.2) is 0 Å². The number of aromatic nitrogens is 2. The summed E-state index contributed by atoms with van der Waals surface area (Å²) in [6.45, 7) is 2.54. The highest BCUT2D eigenvalue weighted by molar-refractivity contribution is 6.32. The van der Waals surface area contributed by atoms with E-state index in [4.69, 9.17) is 17.3 Å². The summed E-state index contributed by atoms with van der Waals surface area (Å²) in [5, 5.41) is 0.653. The number of hydrogen-bond acceptors (Lipinski definition) is 2. The highest BCUT2D eigenvalue weighted by Gasteiger charge is 2.12. The number of nitrogens with two attached hydrogens (primary N) is 1. The van der Waals surface area contributed by atoms with E-state index in [-0.39, 0.29) is 11.6 Å². The van der Waals surface area contributed by atoms with E-state index in [9.17, 15) is 4.79 Å². The summed E-state index contributed by atoms with van der Waals surface area (Å²) >= 11 is 6.17. The zero-order chi connectivity index (χ0) is 11.9. The molecule has 3 N–H and O–H groups in total. The van der Waals surface area contributed by atoms with Gasteiger partial charge in [-0.2, -0.15) is 0 Å². The van der Waals surface area contributed by atoms with Gasteiger partial charge in [-0.1, -0.05) is 18.5 Å². The quantitative estimate of drug-likeness (QED) is 0.836. The van der Waals surface area contributed by atoms with Crippen molar-refractivity contribution in [2.75, 3.05) is 6.54 Å². The van der Waals surface area contributed by atoms with Crippen molar-refractivity contribution in [3.8, 4) is 0 Å². The molecule has 1 aromatic carbocycles. The van der Waals surface area contributed by atoms with E-state index in [1.54, 1.807) is 13.1 Å². The number of aryl methyl sites for hydroxylation is 1. The second kappa shape index (κ2) is 3.96. The lowest BCUT2D eigenvalue weighted by atomic mass is 10.0. The summed E-state index contributed by atoms with van der Waals surface area (Å²) in [7, 11) is 1.71. The average Bonchev–Trinajstić information content (AvgIpc) is 2.53. The second-order valence-electron chi connectivity index (χ2n) is 4.02. The Labute approximate surface area is 98.0 Å². The molecule has 0 fully saturated rings. The summed E-state index contributed by atoms with van der Waals surface area (Å²) in [5.41, 5.74) is 8.06. The third-order valence-corrected chi connectivity index (χ3v) is 3.23. The molecule has 0 aliphatic heterocycles. The Balaban J connectivity index is 2.72. The molecule has 1 heterocycles. The minimum atomic E-state index is -0.136. The van der Waals surface area contributed by atoms with Crippen LogP contribution in [0.25, 0.3) is 11.0 Å². The van der Waals surface area contributed by atoms with E-state index in [2.05, 4.69) is 4.98 Å². The van der Waals surface area contributed by atoms with Gasteiger partial charge in [0.2, 0.25) is 0 Å². The van der Waals surface area contributed by atoms with Crippen molar-refractivity contribution >= 4 is 22.6 Å². The maximum atomic E-state index is 11.4. The molecule has 0 radical (unpaired) electrons. The average molecular weight is 240 g/mol. The number of fused-ring (bicyclic) bond motifs is 1. The molecule has 86 valence electrons. The van der Waals surface area contributed by atoms with Crippen LogP contribution < -0.4 is 11.4 Å². The molecular formula is C11H14ClN3O. The summed E-state index contributed by atoms with van der Waals surface area (Å²) in [5.74, 6) is 0.181. The lowest BCUT2D eigenvalue weighted by molar-refractivity contribution is 0.775. The lowest BCUT2D eigenvalue weighted by Gasteiger charge is -2.11. The summed E-state index contributed by atoms with van der Waals surface area (Å²) < 4.78 is 1.54. The molecule has 0 aliphatic carbocycles. The largest absolute Gasteiger partial charge is 0.330 e. The standard InChI is InChI=1S/C11H14ClN3O/c1-6(5-13)7-3-9-10(4-8(7)12)15(2)11(16)14-9/h3-4,6H,5,13H2,1-2H3,(H,14,16). The number of imidazole rings is 1. The van der Waals surface area contributed by atoms with Gasteiger partial charge in [0.05, 0.1) is 11.0 Å². The first kappa shape index (κ1) is 11.2. The fraction of sp³-hybridized carbons (Fsp3) is 0.364. The van der Waals surface area contributed by atoms with Gasteiger partial charge < -0.3 is 10.7 Å². The second-order valence-corrected chi connectivity index (χ2v) is 4.42. The van der Waals surface area contributed by atoms with Gasteiger partial charge in [0, 0.05) is 12.1 Å². The van der Waals surface area contributed by atoms with E-state index in [1.807, 2.05) is 13.0 Å². The molecule has 1 unspecified atom stereocenters. The predicted molar refractivity (Wildman–Crippen MR) is 66.0 cm³/mol. The third-order valence-electron chi connectivity index (χ3n) is 2.91. The van der Waals surface area contributed by atoms with Crippen LogP contribution in [0.15, 0.2) is 16.9 Å². The predicted octanol–water partition coefficient (Wildman–Crippen LogP) is 1.58. The first-order valence-corrected chi connectivity index (χ1v) is 5.50. The zero-order valence-electron chi connectivity index (χ0n) is 9.25. The van der Waals surface area contributed by atoms with Crippen molar-refractivity contribution in [3.63, 3.8) is 0 Å². The van der Waals surface area contributed by atoms with Crippen molar-refractivity contribution < 1.29 is 0 Å². The molecule has 2 aromatic rings. The van der Waals surface area contributed by atoms with Crippen LogP contribution in [0.1, 0.15) is 18.4 Å². The fourth-order valence-electron chi connectivity index (χ4n) is 1.77. The Morgan fingerprint density at radius 2 is 2.25 bits per heavy atom. The van der Waals surface area contributed by atoms with Crippen LogP contribution >= 0.6 is 11.6 Å². The number of benzene rings is 1. The highest BCUT2D eigenvalue weighted by Crippen LogP contribution is 2.27. The van der Waals surface area contributed by atoms with Gasteiger partial charge >= 0.3 is 5.69 Å². The van der Waals surface area contributed by atoms with Gasteiger partial charge in [-0.25, -0.2) is 4.79 Å². The van der Waals surface area contributed by atoms with Crippen molar-refractivity contribution in [3.05, 3.63) is 33.2 Å². The molecule has 0 saturated heterocycles. The third kappa shape index (κ3) is 1.64. The number of nitrogens with zero attached hydrogens (tertiary/aromatic N) is 1. The van der Waals surface area contributed by atoms with Gasteiger partial charge in [-0.15, -0.1) is 0 Å². The highest BCUT2D eigenvalue weighted by atomic mass is 35.5. The summed E-state index contributed by atoms with van der Waals surface area (Å²) in [6.07, 6.45) is 0. The number of rotatable bonds is 2. The number of halogens is 1. The SMILES string of the molecule is CC(CN)c1cc2[nH]c(=O)n(C)c2cc1Cl. The zero-order valence-corrected chi connectivity index (χ0v) is 10.0. The number of hydrogen-bond donors (Lipinski definition) is 2. The minimum absolute atomic E-state index is 0.136. The lowest BCUT2D eigenvalue weighted by Crippen LogP contribution is -2.11. The van der Waals surface area contributed by atoms with Gasteiger partial charge in [0.25, 0.3) is 0 Å². The molecule has 1 aromatic heterocycles. The molecular weight excluding hydrogens is 226 g/mol. The maximum absolute atomic E-state index is 11.4. The van der Waals surface area contributed by atoms with Crippen LogP contribution in [-0.4, -0.2) is 16.1 Å². The van der Waals surface area contributed by atoms with Crippen molar-refractivity contribution in [1.29, 1.82) is 0 Å². The Morgan fingerprint density at radius 1 is 1.56 bits per heavy atom. The Bertz CT molecular complexity index is 585. The minimum Gasteiger partial charge on any atom is -0.330 e. The number of H-pyrrole nitrogens is 1. The van der Waals surface area contributed by atoms with Gasteiger partial charge in [-0.05, 0) is 30.2 Å². The molecule has 0 bridgehead atoms. The monoisotopic (exact) mass is 239 g/mol.